The number of carbonyl (C=O) groups is 1. The predicted molar refractivity (Wildman–Crippen MR) is 74.6 cm³/mol. The number of cyclic esters (lactones) is 1. The highest BCUT2D eigenvalue weighted by atomic mass is 16.5. The van der Waals surface area contributed by atoms with Crippen molar-refractivity contribution in [3.63, 3.8) is 0 Å². The summed E-state index contributed by atoms with van der Waals surface area (Å²) >= 11 is 0. The molecule has 3 heteroatoms. The van der Waals surface area contributed by atoms with Crippen LogP contribution in [-0.2, 0) is 9.53 Å². The predicted octanol–water partition coefficient (Wildman–Crippen LogP) is 3.42. The average molecular weight is 255 g/mol. The highest BCUT2D eigenvalue weighted by Crippen LogP contribution is 2.11. The van der Waals surface area contributed by atoms with Crippen LogP contribution in [-0.4, -0.2) is 25.7 Å². The van der Waals surface area contributed by atoms with Gasteiger partial charge >= 0.3 is 5.97 Å². The van der Waals surface area contributed by atoms with Crippen molar-refractivity contribution in [3.05, 3.63) is 0 Å². The zero-order valence-electron chi connectivity index (χ0n) is 11.7. The Hall–Kier alpha value is -0.570. The first kappa shape index (κ1) is 15.5. The first-order chi connectivity index (χ1) is 8.89. The van der Waals surface area contributed by atoms with Crippen molar-refractivity contribution in [2.75, 3.05) is 19.7 Å². The van der Waals surface area contributed by atoms with Gasteiger partial charge in [-0.15, -0.1) is 0 Å². The highest BCUT2D eigenvalue weighted by Gasteiger charge is 2.02. The van der Waals surface area contributed by atoms with E-state index in [4.69, 9.17) is 4.74 Å². The van der Waals surface area contributed by atoms with Gasteiger partial charge in [0.15, 0.2) is 0 Å². The number of nitrogens with one attached hydrogen (secondary N) is 1. The van der Waals surface area contributed by atoms with Crippen molar-refractivity contribution in [2.45, 2.75) is 70.6 Å². The minimum absolute atomic E-state index is 0.0145. The molecule has 1 aliphatic rings. The molecule has 0 bridgehead atoms. The average Bonchev–Trinajstić information content (AvgIpc) is 2.37. The van der Waals surface area contributed by atoms with Gasteiger partial charge in [0.1, 0.15) is 0 Å². The Morgan fingerprint density at radius 3 is 2.00 bits per heavy atom. The highest BCUT2D eigenvalue weighted by molar-refractivity contribution is 5.69. The second-order valence-electron chi connectivity index (χ2n) is 5.26. The molecular formula is C15H29NO2. The van der Waals surface area contributed by atoms with E-state index in [0.29, 0.717) is 13.0 Å². The SMILES string of the molecule is O=C1CCCCCCCCCCCNCCCO1. The fourth-order valence-corrected chi connectivity index (χ4v) is 2.34. The van der Waals surface area contributed by atoms with Gasteiger partial charge in [-0.05, 0) is 32.4 Å². The van der Waals surface area contributed by atoms with Crippen LogP contribution >= 0.6 is 0 Å². The Labute approximate surface area is 112 Å². The Morgan fingerprint density at radius 1 is 0.722 bits per heavy atom. The van der Waals surface area contributed by atoms with Crippen LogP contribution < -0.4 is 5.32 Å². The fourth-order valence-electron chi connectivity index (χ4n) is 2.34. The summed E-state index contributed by atoms with van der Waals surface area (Å²) in [5, 5.41) is 3.40. The molecule has 1 saturated heterocycles. The van der Waals surface area contributed by atoms with Gasteiger partial charge in [0.2, 0.25) is 0 Å². The molecule has 0 unspecified atom stereocenters. The Kier molecular flexibility index (Phi) is 9.91. The zero-order valence-corrected chi connectivity index (χ0v) is 11.7. The molecule has 0 spiro atoms. The van der Waals surface area contributed by atoms with E-state index in [9.17, 15) is 4.79 Å². The third-order valence-electron chi connectivity index (χ3n) is 3.50. The lowest BCUT2D eigenvalue weighted by atomic mass is 10.1. The van der Waals surface area contributed by atoms with Crippen LogP contribution in [0.3, 0.4) is 0 Å². The second kappa shape index (κ2) is 11.5. The van der Waals surface area contributed by atoms with E-state index in [1.807, 2.05) is 0 Å². The van der Waals surface area contributed by atoms with Crippen LogP contribution in [0.15, 0.2) is 0 Å². The largest absolute Gasteiger partial charge is 0.466 e. The van der Waals surface area contributed by atoms with Crippen molar-refractivity contribution in [1.29, 1.82) is 0 Å². The summed E-state index contributed by atoms with van der Waals surface area (Å²) in [7, 11) is 0. The number of hydrogen-bond acceptors (Lipinski definition) is 3. The lowest BCUT2D eigenvalue weighted by Crippen LogP contribution is -2.18. The van der Waals surface area contributed by atoms with Crippen molar-refractivity contribution in [1.82, 2.24) is 5.32 Å². The molecule has 1 fully saturated rings. The van der Waals surface area contributed by atoms with Crippen LogP contribution in [0.1, 0.15) is 70.6 Å². The van der Waals surface area contributed by atoms with Crippen LogP contribution in [0, 0.1) is 0 Å². The molecule has 0 amide bonds. The summed E-state index contributed by atoms with van der Waals surface area (Å²) in [6.45, 7) is 2.65. The van der Waals surface area contributed by atoms with E-state index >= 15 is 0 Å². The molecule has 1 rings (SSSR count). The van der Waals surface area contributed by atoms with Crippen LogP contribution in [0.2, 0.25) is 0 Å². The molecule has 0 aliphatic carbocycles. The minimum Gasteiger partial charge on any atom is -0.466 e. The first-order valence-corrected chi connectivity index (χ1v) is 7.76. The smallest absolute Gasteiger partial charge is 0.305 e. The van der Waals surface area contributed by atoms with Crippen molar-refractivity contribution >= 4 is 5.97 Å². The quantitative estimate of drug-likeness (QED) is 0.674. The normalized spacial score (nSPS) is 23.0. The first-order valence-electron chi connectivity index (χ1n) is 7.76. The monoisotopic (exact) mass is 255 g/mol. The van der Waals surface area contributed by atoms with E-state index < -0.39 is 0 Å². The summed E-state index contributed by atoms with van der Waals surface area (Å²) in [6.07, 6.45) is 13.1. The van der Waals surface area contributed by atoms with Crippen molar-refractivity contribution < 1.29 is 9.53 Å². The lowest BCUT2D eigenvalue weighted by molar-refractivity contribution is -0.143. The summed E-state index contributed by atoms with van der Waals surface area (Å²) in [4.78, 5) is 11.4. The topological polar surface area (TPSA) is 38.3 Å². The summed E-state index contributed by atoms with van der Waals surface area (Å²) in [6, 6.07) is 0. The number of carbonyl (C=O) groups excluding carboxylic acids is 1. The molecule has 0 aromatic rings. The van der Waals surface area contributed by atoms with Crippen molar-refractivity contribution in [3.8, 4) is 0 Å². The zero-order chi connectivity index (χ0) is 12.9. The maximum Gasteiger partial charge on any atom is 0.305 e. The lowest BCUT2D eigenvalue weighted by Gasteiger charge is -2.06. The standard InChI is InChI=1S/C15H29NO2/c17-15-11-8-6-4-2-1-3-5-7-9-12-16-13-10-14-18-15/h16H,1-14H2. The van der Waals surface area contributed by atoms with Gasteiger partial charge in [-0.3, -0.25) is 4.79 Å². The summed E-state index contributed by atoms with van der Waals surface area (Å²) < 4.78 is 5.19. The van der Waals surface area contributed by atoms with Crippen LogP contribution in [0.25, 0.3) is 0 Å². The number of hydrogen-bond donors (Lipinski definition) is 1. The van der Waals surface area contributed by atoms with E-state index in [2.05, 4.69) is 5.32 Å². The van der Waals surface area contributed by atoms with Gasteiger partial charge in [-0.2, -0.15) is 0 Å². The van der Waals surface area contributed by atoms with Gasteiger partial charge in [0.25, 0.3) is 0 Å². The molecule has 0 aromatic heterocycles. The maximum atomic E-state index is 11.4. The number of rotatable bonds is 0. The maximum absolute atomic E-state index is 11.4. The van der Waals surface area contributed by atoms with E-state index in [1.165, 1.54) is 51.4 Å². The van der Waals surface area contributed by atoms with Gasteiger partial charge in [0.05, 0.1) is 6.61 Å². The third-order valence-corrected chi connectivity index (χ3v) is 3.50. The molecule has 0 aromatic carbocycles. The van der Waals surface area contributed by atoms with E-state index in [1.54, 1.807) is 0 Å². The molecule has 3 nitrogen and oxygen atoms in total. The molecule has 0 radical (unpaired) electrons. The van der Waals surface area contributed by atoms with Crippen molar-refractivity contribution in [2.24, 2.45) is 0 Å². The second-order valence-corrected chi connectivity index (χ2v) is 5.26. The summed E-state index contributed by atoms with van der Waals surface area (Å²) in [5.74, 6) is -0.0145. The third kappa shape index (κ3) is 9.46. The molecule has 1 N–H and O–H groups in total. The fraction of sp³-hybridized carbons (Fsp3) is 0.933. The van der Waals surface area contributed by atoms with E-state index in [-0.39, 0.29) is 5.97 Å². The van der Waals surface area contributed by atoms with E-state index in [0.717, 1.165) is 25.9 Å². The minimum atomic E-state index is -0.0145. The molecule has 18 heavy (non-hydrogen) atoms. The Morgan fingerprint density at radius 2 is 1.28 bits per heavy atom. The molecular weight excluding hydrogens is 226 g/mol. The van der Waals surface area contributed by atoms with Gasteiger partial charge in [-0.25, -0.2) is 0 Å². The Bertz CT molecular complexity index is 187. The summed E-state index contributed by atoms with van der Waals surface area (Å²) in [5.41, 5.74) is 0. The Balaban J connectivity index is 2.11. The van der Waals surface area contributed by atoms with Gasteiger partial charge in [-0.1, -0.05) is 44.9 Å². The van der Waals surface area contributed by atoms with Gasteiger partial charge in [0, 0.05) is 6.42 Å². The molecule has 0 atom stereocenters. The number of ether oxygens (including phenoxy) is 1. The molecule has 0 saturated carbocycles. The molecule has 1 heterocycles. The molecule has 1 aliphatic heterocycles. The van der Waals surface area contributed by atoms with Gasteiger partial charge < -0.3 is 10.1 Å². The van der Waals surface area contributed by atoms with Crippen LogP contribution in [0.5, 0.6) is 0 Å². The number of esters is 1. The van der Waals surface area contributed by atoms with Crippen LogP contribution in [0.4, 0.5) is 0 Å². The molecule has 106 valence electrons.